The molecule has 2 heterocycles. The molecular weight excluding hydrogens is 564 g/mol. The van der Waals surface area contributed by atoms with Gasteiger partial charge in [-0.1, -0.05) is 54.6 Å². The van der Waals surface area contributed by atoms with Crippen LogP contribution in [-0.4, -0.2) is 49.1 Å². The molecule has 5 rings (SSSR count). The standard InChI is InChI=1S/C32H32N6O6/c1-23(7-5-6-17-35-21-25(16-18-39)33-34-35)32(42)29-19-28(38(43)44)14-15-30(29)36(31(32)41)20-24-10-12-27(13-11-24)37(22-40)26-8-3-2-4-9-26/h2-5,7-15,19,21-23,39,42H,6,16-18,20H2,1H3/b7-5+/t23-,32+/m0/s1. The molecule has 0 radical (unpaired) electrons. The summed E-state index contributed by atoms with van der Waals surface area (Å²) in [5.41, 5.74) is 1.09. The fourth-order valence-electron chi connectivity index (χ4n) is 5.33. The van der Waals surface area contributed by atoms with Crippen LogP contribution in [0.3, 0.4) is 0 Å². The minimum Gasteiger partial charge on any atom is -0.396 e. The lowest BCUT2D eigenvalue weighted by molar-refractivity contribution is -0.385. The molecule has 2 atom stereocenters. The second-order valence-corrected chi connectivity index (χ2v) is 10.5. The number of carbonyl (C=O) groups is 2. The molecule has 2 amide bonds. The monoisotopic (exact) mass is 596 g/mol. The van der Waals surface area contributed by atoms with Crippen molar-refractivity contribution in [2.45, 2.75) is 38.5 Å². The highest BCUT2D eigenvalue weighted by molar-refractivity contribution is 6.07. The molecule has 4 aromatic rings. The fraction of sp³-hybridized carbons (Fsp3) is 0.250. The Labute approximate surface area is 253 Å². The highest BCUT2D eigenvalue weighted by atomic mass is 16.6. The number of amides is 2. The molecule has 0 bridgehead atoms. The molecule has 0 saturated heterocycles. The van der Waals surface area contributed by atoms with Gasteiger partial charge in [0.2, 0.25) is 6.41 Å². The molecule has 0 fully saturated rings. The minimum atomic E-state index is -2.03. The molecule has 0 spiro atoms. The number of nitro benzene ring substituents is 1. The van der Waals surface area contributed by atoms with E-state index in [0.29, 0.717) is 42.1 Å². The van der Waals surface area contributed by atoms with Crippen LogP contribution in [0.1, 0.15) is 30.2 Å². The van der Waals surface area contributed by atoms with E-state index in [1.165, 1.54) is 28.0 Å². The second-order valence-electron chi connectivity index (χ2n) is 10.5. The maximum absolute atomic E-state index is 13.9. The minimum absolute atomic E-state index is 0.0162. The van der Waals surface area contributed by atoms with E-state index in [4.69, 9.17) is 5.11 Å². The van der Waals surface area contributed by atoms with Crippen molar-refractivity contribution < 1.29 is 24.7 Å². The number of hydrogen-bond acceptors (Lipinski definition) is 8. The van der Waals surface area contributed by atoms with Crippen LogP contribution in [0.4, 0.5) is 22.7 Å². The number of rotatable bonds is 13. The quantitative estimate of drug-likeness (QED) is 0.101. The zero-order chi connectivity index (χ0) is 31.3. The van der Waals surface area contributed by atoms with Gasteiger partial charge in [0.15, 0.2) is 5.60 Å². The van der Waals surface area contributed by atoms with Crippen LogP contribution >= 0.6 is 0 Å². The maximum atomic E-state index is 13.9. The van der Waals surface area contributed by atoms with Gasteiger partial charge in [0.25, 0.3) is 11.6 Å². The molecule has 0 unspecified atom stereocenters. The lowest BCUT2D eigenvalue weighted by Crippen LogP contribution is -2.44. The topological polar surface area (TPSA) is 155 Å². The number of non-ortho nitro benzene ring substituents is 1. The van der Waals surface area contributed by atoms with Crippen molar-refractivity contribution in [2.24, 2.45) is 5.92 Å². The van der Waals surface area contributed by atoms with Gasteiger partial charge in [-0.15, -0.1) is 5.10 Å². The first-order valence-corrected chi connectivity index (χ1v) is 14.1. The molecule has 0 aliphatic carbocycles. The summed E-state index contributed by atoms with van der Waals surface area (Å²) in [6.07, 6.45) is 6.98. The van der Waals surface area contributed by atoms with Gasteiger partial charge in [0.1, 0.15) is 0 Å². The van der Waals surface area contributed by atoms with Gasteiger partial charge in [-0.05, 0) is 42.3 Å². The number of allylic oxidation sites excluding steroid dienone is 1. The van der Waals surface area contributed by atoms with Crippen molar-refractivity contribution in [3.63, 3.8) is 0 Å². The number of nitrogens with zero attached hydrogens (tertiary/aromatic N) is 6. The summed E-state index contributed by atoms with van der Waals surface area (Å²) >= 11 is 0. The number of anilines is 3. The Balaban J connectivity index is 1.36. The van der Waals surface area contributed by atoms with Crippen LogP contribution in [0.25, 0.3) is 0 Å². The predicted octanol–water partition coefficient (Wildman–Crippen LogP) is 4.03. The van der Waals surface area contributed by atoms with Crippen LogP contribution < -0.4 is 9.80 Å². The van der Waals surface area contributed by atoms with Gasteiger partial charge in [0, 0.05) is 60.8 Å². The molecule has 0 saturated carbocycles. The number of benzene rings is 3. The van der Waals surface area contributed by atoms with Crippen molar-refractivity contribution in [1.29, 1.82) is 0 Å². The van der Waals surface area contributed by atoms with Gasteiger partial charge in [-0.3, -0.25) is 29.3 Å². The third-order valence-electron chi connectivity index (χ3n) is 7.72. The van der Waals surface area contributed by atoms with E-state index in [9.17, 15) is 24.8 Å². The number of aryl methyl sites for hydroxylation is 1. The summed E-state index contributed by atoms with van der Waals surface area (Å²) in [6.45, 7) is 2.29. The number of aliphatic hydroxyl groups excluding tert-OH is 1. The van der Waals surface area contributed by atoms with Gasteiger partial charge in [0.05, 0.1) is 22.8 Å². The summed E-state index contributed by atoms with van der Waals surface area (Å²) in [5.74, 6) is -1.30. The average Bonchev–Trinajstić information content (AvgIpc) is 3.57. The lowest BCUT2D eigenvalue weighted by atomic mass is 9.82. The SMILES string of the molecule is C[C@@H](/C=C/CCn1cc(CCO)nn1)[C@]1(O)C(=O)N(Cc2ccc(N(C=O)c3ccccc3)cc2)c2ccc([N+](=O)[O-])cc21. The highest BCUT2D eigenvalue weighted by Crippen LogP contribution is 2.47. The lowest BCUT2D eigenvalue weighted by Gasteiger charge is -2.27. The summed E-state index contributed by atoms with van der Waals surface area (Å²) in [4.78, 5) is 39.7. The molecule has 12 heteroatoms. The van der Waals surface area contributed by atoms with Crippen LogP contribution in [0.2, 0.25) is 0 Å². The van der Waals surface area contributed by atoms with Gasteiger partial charge in [-0.2, -0.15) is 0 Å². The average molecular weight is 597 g/mol. The zero-order valence-electron chi connectivity index (χ0n) is 24.1. The third kappa shape index (κ3) is 5.98. The van der Waals surface area contributed by atoms with Gasteiger partial charge >= 0.3 is 0 Å². The first-order valence-electron chi connectivity index (χ1n) is 14.1. The van der Waals surface area contributed by atoms with Crippen molar-refractivity contribution >= 4 is 35.1 Å². The predicted molar refractivity (Wildman–Crippen MR) is 163 cm³/mol. The number of aromatic nitrogens is 3. The number of carbonyl (C=O) groups excluding carboxylic acids is 2. The molecule has 1 aromatic heterocycles. The molecule has 226 valence electrons. The maximum Gasteiger partial charge on any atom is 0.269 e. The Hall–Kier alpha value is -5.20. The Morgan fingerprint density at radius 1 is 1.09 bits per heavy atom. The largest absolute Gasteiger partial charge is 0.396 e. The Morgan fingerprint density at radius 3 is 2.50 bits per heavy atom. The van der Waals surface area contributed by atoms with E-state index in [1.54, 1.807) is 48.1 Å². The summed E-state index contributed by atoms with van der Waals surface area (Å²) in [6, 6.07) is 20.4. The van der Waals surface area contributed by atoms with Gasteiger partial charge < -0.3 is 15.1 Å². The molecule has 3 aromatic carbocycles. The van der Waals surface area contributed by atoms with E-state index in [1.807, 2.05) is 36.4 Å². The Morgan fingerprint density at radius 2 is 1.82 bits per heavy atom. The molecule has 1 aliphatic heterocycles. The number of para-hydroxylation sites is 1. The van der Waals surface area contributed by atoms with Crippen LogP contribution in [-0.2, 0) is 34.7 Å². The number of aliphatic hydroxyl groups is 2. The third-order valence-corrected chi connectivity index (χ3v) is 7.72. The first-order chi connectivity index (χ1) is 21.3. The summed E-state index contributed by atoms with van der Waals surface area (Å²) < 4.78 is 1.65. The molecule has 1 aliphatic rings. The fourth-order valence-corrected chi connectivity index (χ4v) is 5.33. The Kier molecular flexibility index (Phi) is 8.93. The van der Waals surface area contributed by atoms with Crippen LogP contribution in [0.5, 0.6) is 0 Å². The van der Waals surface area contributed by atoms with E-state index in [2.05, 4.69) is 10.3 Å². The normalized spacial score (nSPS) is 16.7. The Bertz CT molecular complexity index is 1670. The number of hydrogen-bond donors (Lipinski definition) is 2. The second kappa shape index (κ2) is 13.0. The van der Waals surface area contributed by atoms with E-state index >= 15 is 0 Å². The zero-order valence-corrected chi connectivity index (χ0v) is 24.1. The van der Waals surface area contributed by atoms with Crippen LogP contribution in [0.15, 0.2) is 91.1 Å². The van der Waals surface area contributed by atoms with Crippen molar-refractivity contribution in [1.82, 2.24) is 15.0 Å². The molecular formula is C32H32N6O6. The van der Waals surface area contributed by atoms with Crippen molar-refractivity contribution in [2.75, 3.05) is 16.4 Å². The van der Waals surface area contributed by atoms with E-state index < -0.39 is 22.3 Å². The molecule has 44 heavy (non-hydrogen) atoms. The summed E-state index contributed by atoms with van der Waals surface area (Å²) in [7, 11) is 0. The number of fused-ring (bicyclic) bond motifs is 1. The molecule has 12 nitrogen and oxygen atoms in total. The van der Waals surface area contributed by atoms with Crippen LogP contribution in [0, 0.1) is 16.0 Å². The molecule has 2 N–H and O–H groups in total. The highest BCUT2D eigenvalue weighted by Gasteiger charge is 2.53. The van der Waals surface area contributed by atoms with Gasteiger partial charge in [-0.25, -0.2) is 0 Å². The first kappa shape index (κ1) is 30.3. The van der Waals surface area contributed by atoms with E-state index in [0.717, 1.165) is 12.0 Å². The van der Waals surface area contributed by atoms with Crippen molar-refractivity contribution in [3.05, 3.63) is 118 Å². The summed E-state index contributed by atoms with van der Waals surface area (Å²) in [5, 5.41) is 40.6. The smallest absolute Gasteiger partial charge is 0.269 e. The van der Waals surface area contributed by atoms with E-state index in [-0.39, 0.29) is 24.4 Å². The number of nitro groups is 1. The van der Waals surface area contributed by atoms with Crippen molar-refractivity contribution in [3.8, 4) is 0 Å².